The number of hydrogen-bond acceptors (Lipinski definition) is 3. The predicted molar refractivity (Wildman–Crippen MR) is 97.9 cm³/mol. The number of nitrogens with two attached hydrogens (primary N) is 1. The van der Waals surface area contributed by atoms with Gasteiger partial charge in [-0.3, -0.25) is 0 Å². The molecule has 0 aliphatic heterocycles. The van der Waals surface area contributed by atoms with Crippen molar-refractivity contribution in [3.8, 4) is 0 Å². The van der Waals surface area contributed by atoms with E-state index in [0.29, 0.717) is 11.6 Å². The Morgan fingerprint density at radius 1 is 0.826 bits per heavy atom. The van der Waals surface area contributed by atoms with Crippen molar-refractivity contribution in [2.24, 2.45) is 0 Å². The Balaban J connectivity index is 1.82. The van der Waals surface area contributed by atoms with Crippen molar-refractivity contribution >= 4 is 17.0 Å². The molecule has 0 fully saturated rings. The van der Waals surface area contributed by atoms with E-state index in [2.05, 4.69) is 44.2 Å². The molecular formula is C20H21NOS. The highest BCUT2D eigenvalue weighted by atomic mass is 32.1. The molecule has 3 N–H and O–H groups in total. The highest BCUT2D eigenvalue weighted by Crippen LogP contribution is 2.35. The van der Waals surface area contributed by atoms with Crippen molar-refractivity contribution in [2.75, 3.05) is 5.73 Å². The standard InChI is InChI=1S/C20H21NOS/c1-13-3-5-15(6-4-13)14(2)18-11-12-19(23-18)20(22)16-7-9-17(21)10-8-16/h3-12,14,20,22H,21H2,1-2H3. The first-order valence-corrected chi connectivity index (χ1v) is 8.56. The lowest BCUT2D eigenvalue weighted by molar-refractivity contribution is 0.224. The molecule has 3 aromatic rings. The Labute approximate surface area is 141 Å². The number of thiophene rings is 1. The van der Waals surface area contributed by atoms with Crippen molar-refractivity contribution in [2.45, 2.75) is 25.9 Å². The smallest absolute Gasteiger partial charge is 0.113 e. The van der Waals surface area contributed by atoms with Crippen LogP contribution in [0, 0.1) is 6.92 Å². The first-order chi connectivity index (χ1) is 11.0. The third-order valence-corrected chi connectivity index (χ3v) is 5.49. The molecule has 0 aliphatic rings. The number of hydrogen-bond donors (Lipinski definition) is 2. The second kappa shape index (κ2) is 6.57. The Morgan fingerprint density at radius 3 is 2.04 bits per heavy atom. The highest BCUT2D eigenvalue weighted by molar-refractivity contribution is 7.12. The van der Waals surface area contributed by atoms with Crippen LogP contribution in [-0.4, -0.2) is 5.11 Å². The number of benzene rings is 2. The first-order valence-electron chi connectivity index (χ1n) is 7.74. The number of anilines is 1. The molecule has 0 saturated heterocycles. The second-order valence-electron chi connectivity index (χ2n) is 5.94. The van der Waals surface area contributed by atoms with Crippen LogP contribution >= 0.6 is 11.3 Å². The maximum Gasteiger partial charge on any atom is 0.113 e. The Morgan fingerprint density at radius 2 is 1.39 bits per heavy atom. The quantitative estimate of drug-likeness (QED) is 0.673. The molecule has 0 spiro atoms. The maximum absolute atomic E-state index is 10.6. The van der Waals surface area contributed by atoms with E-state index in [1.165, 1.54) is 16.0 Å². The van der Waals surface area contributed by atoms with Gasteiger partial charge in [0.15, 0.2) is 0 Å². The van der Waals surface area contributed by atoms with Gasteiger partial charge >= 0.3 is 0 Å². The topological polar surface area (TPSA) is 46.2 Å². The molecule has 0 radical (unpaired) electrons. The fourth-order valence-corrected chi connectivity index (χ4v) is 3.71. The van der Waals surface area contributed by atoms with Crippen LogP contribution in [0.3, 0.4) is 0 Å². The minimum Gasteiger partial charge on any atom is -0.399 e. The maximum atomic E-state index is 10.6. The molecule has 118 valence electrons. The van der Waals surface area contributed by atoms with Crippen LogP contribution < -0.4 is 5.73 Å². The van der Waals surface area contributed by atoms with E-state index in [1.54, 1.807) is 11.3 Å². The van der Waals surface area contributed by atoms with E-state index in [0.717, 1.165) is 10.4 Å². The lowest BCUT2D eigenvalue weighted by Gasteiger charge is -2.11. The van der Waals surface area contributed by atoms with Crippen LogP contribution in [0.15, 0.2) is 60.7 Å². The van der Waals surface area contributed by atoms with Gasteiger partial charge in [-0.1, -0.05) is 48.9 Å². The summed E-state index contributed by atoms with van der Waals surface area (Å²) in [5.41, 5.74) is 9.85. The summed E-state index contributed by atoms with van der Waals surface area (Å²) in [5, 5.41) is 10.6. The van der Waals surface area contributed by atoms with Crippen LogP contribution in [0.5, 0.6) is 0 Å². The molecule has 2 atom stereocenters. The molecule has 0 aliphatic carbocycles. The predicted octanol–water partition coefficient (Wildman–Crippen LogP) is 4.87. The van der Waals surface area contributed by atoms with E-state index >= 15 is 0 Å². The molecule has 0 bridgehead atoms. The first kappa shape index (κ1) is 15.8. The van der Waals surface area contributed by atoms with Gasteiger partial charge in [0.1, 0.15) is 6.10 Å². The van der Waals surface area contributed by atoms with Crippen LogP contribution in [0.1, 0.15) is 45.4 Å². The lowest BCUT2D eigenvalue weighted by Crippen LogP contribution is -1.97. The van der Waals surface area contributed by atoms with E-state index in [9.17, 15) is 5.11 Å². The van der Waals surface area contributed by atoms with Gasteiger partial charge in [-0.15, -0.1) is 11.3 Å². The number of aliphatic hydroxyl groups excluding tert-OH is 1. The normalized spacial score (nSPS) is 13.7. The van der Waals surface area contributed by atoms with Crippen LogP contribution in [0.2, 0.25) is 0 Å². The Bertz CT molecular complexity index is 708. The molecule has 0 saturated carbocycles. The van der Waals surface area contributed by atoms with E-state index in [1.807, 2.05) is 30.3 Å². The molecule has 23 heavy (non-hydrogen) atoms. The van der Waals surface area contributed by atoms with E-state index < -0.39 is 6.10 Å². The van der Waals surface area contributed by atoms with Crippen molar-refractivity contribution in [1.29, 1.82) is 0 Å². The zero-order valence-electron chi connectivity index (χ0n) is 13.4. The van der Waals surface area contributed by atoms with Crippen molar-refractivity contribution < 1.29 is 5.11 Å². The van der Waals surface area contributed by atoms with Gasteiger partial charge in [-0.25, -0.2) is 0 Å². The number of nitrogen functional groups attached to an aromatic ring is 1. The highest BCUT2D eigenvalue weighted by Gasteiger charge is 2.16. The number of aliphatic hydroxyl groups is 1. The van der Waals surface area contributed by atoms with Crippen LogP contribution in [0.25, 0.3) is 0 Å². The average Bonchev–Trinajstić information content (AvgIpc) is 3.05. The summed E-state index contributed by atoms with van der Waals surface area (Å²) in [4.78, 5) is 2.22. The van der Waals surface area contributed by atoms with E-state index in [4.69, 9.17) is 5.73 Å². The third kappa shape index (κ3) is 3.46. The van der Waals surface area contributed by atoms with Crippen molar-refractivity contribution in [3.63, 3.8) is 0 Å². The van der Waals surface area contributed by atoms with Gasteiger partial charge in [0.2, 0.25) is 0 Å². The summed E-state index contributed by atoms with van der Waals surface area (Å²) in [6, 6.07) is 20.2. The third-order valence-electron chi connectivity index (χ3n) is 4.17. The van der Waals surface area contributed by atoms with Gasteiger partial charge in [0.05, 0.1) is 0 Å². The summed E-state index contributed by atoms with van der Waals surface area (Å²) in [6.07, 6.45) is -0.598. The summed E-state index contributed by atoms with van der Waals surface area (Å²) in [5.74, 6) is 0.327. The van der Waals surface area contributed by atoms with Crippen LogP contribution in [0.4, 0.5) is 5.69 Å². The van der Waals surface area contributed by atoms with E-state index in [-0.39, 0.29) is 0 Å². The number of aryl methyl sites for hydroxylation is 1. The fourth-order valence-electron chi connectivity index (χ4n) is 2.61. The zero-order chi connectivity index (χ0) is 16.4. The summed E-state index contributed by atoms with van der Waals surface area (Å²) in [7, 11) is 0. The summed E-state index contributed by atoms with van der Waals surface area (Å²) in [6.45, 7) is 4.30. The summed E-state index contributed by atoms with van der Waals surface area (Å²) >= 11 is 1.67. The zero-order valence-corrected chi connectivity index (χ0v) is 14.2. The molecular weight excluding hydrogens is 302 g/mol. The fraction of sp³-hybridized carbons (Fsp3) is 0.200. The SMILES string of the molecule is Cc1ccc(C(C)c2ccc(C(O)c3ccc(N)cc3)s2)cc1. The molecule has 2 unspecified atom stereocenters. The average molecular weight is 323 g/mol. The van der Waals surface area contributed by atoms with Crippen molar-refractivity contribution in [3.05, 3.63) is 87.1 Å². The van der Waals surface area contributed by atoms with Gasteiger partial charge < -0.3 is 10.8 Å². The van der Waals surface area contributed by atoms with Gasteiger partial charge in [0, 0.05) is 21.4 Å². The molecule has 2 nitrogen and oxygen atoms in total. The largest absolute Gasteiger partial charge is 0.399 e. The Kier molecular flexibility index (Phi) is 4.51. The Hall–Kier alpha value is -2.10. The molecule has 1 heterocycles. The lowest BCUT2D eigenvalue weighted by atomic mass is 9.98. The van der Waals surface area contributed by atoms with Gasteiger partial charge in [-0.05, 0) is 42.3 Å². The molecule has 1 aromatic heterocycles. The number of rotatable bonds is 4. The minimum absolute atomic E-state index is 0.327. The van der Waals surface area contributed by atoms with Gasteiger partial charge in [0.25, 0.3) is 0 Å². The molecule has 3 heteroatoms. The van der Waals surface area contributed by atoms with Crippen LogP contribution in [-0.2, 0) is 0 Å². The summed E-state index contributed by atoms with van der Waals surface area (Å²) < 4.78 is 0. The minimum atomic E-state index is -0.598. The molecule has 0 amide bonds. The van der Waals surface area contributed by atoms with Gasteiger partial charge in [-0.2, -0.15) is 0 Å². The molecule has 2 aromatic carbocycles. The monoisotopic (exact) mass is 323 g/mol. The van der Waals surface area contributed by atoms with Crippen molar-refractivity contribution in [1.82, 2.24) is 0 Å². The second-order valence-corrected chi connectivity index (χ2v) is 7.09. The molecule has 3 rings (SSSR count).